The predicted octanol–water partition coefficient (Wildman–Crippen LogP) is 1.75. The van der Waals surface area contributed by atoms with E-state index in [-0.39, 0.29) is 5.56 Å². The second kappa shape index (κ2) is 4.25. The van der Waals surface area contributed by atoms with Crippen molar-refractivity contribution in [1.29, 1.82) is 0 Å². The van der Waals surface area contributed by atoms with Gasteiger partial charge >= 0.3 is 5.97 Å². The molecule has 0 unspecified atom stereocenters. The van der Waals surface area contributed by atoms with Gasteiger partial charge in [-0.3, -0.25) is 4.79 Å². The Kier molecular flexibility index (Phi) is 2.78. The molecule has 1 aromatic heterocycles. The van der Waals surface area contributed by atoms with Crippen LogP contribution in [0.15, 0.2) is 47.4 Å². The molecule has 1 aromatic carbocycles. The number of aromatic carboxylic acids is 1. The highest BCUT2D eigenvalue weighted by atomic mass is 16.4. The van der Waals surface area contributed by atoms with Gasteiger partial charge in [-0.25, -0.2) is 4.79 Å². The van der Waals surface area contributed by atoms with Gasteiger partial charge in [0.25, 0.3) is 5.56 Å². The van der Waals surface area contributed by atoms with Crippen LogP contribution in [-0.4, -0.2) is 15.6 Å². The van der Waals surface area contributed by atoms with Gasteiger partial charge < -0.3 is 9.67 Å². The van der Waals surface area contributed by atoms with E-state index in [0.29, 0.717) is 5.56 Å². The first-order valence-electron chi connectivity index (χ1n) is 5.09. The van der Waals surface area contributed by atoms with E-state index in [1.54, 1.807) is 36.5 Å². The number of pyridine rings is 1. The molecule has 1 N–H and O–H groups in total. The Hall–Kier alpha value is -2.36. The Morgan fingerprint density at radius 2 is 1.82 bits per heavy atom. The van der Waals surface area contributed by atoms with E-state index in [0.717, 1.165) is 5.56 Å². The highest BCUT2D eigenvalue weighted by molar-refractivity contribution is 5.95. The number of benzene rings is 1. The molecule has 1 heterocycles. The number of carboxylic acids is 1. The summed E-state index contributed by atoms with van der Waals surface area (Å²) in [5, 5.41) is 9.12. The molecular formula is C13H11NO3. The molecule has 0 aliphatic carbocycles. The van der Waals surface area contributed by atoms with Gasteiger partial charge in [-0.2, -0.15) is 0 Å². The molecule has 0 aliphatic rings. The van der Waals surface area contributed by atoms with Gasteiger partial charge in [-0.1, -0.05) is 30.3 Å². The molecule has 0 spiro atoms. The molecule has 0 radical (unpaired) electrons. The number of nitrogens with zero attached hydrogens (tertiary/aromatic N) is 1. The van der Waals surface area contributed by atoms with Crippen LogP contribution in [0.1, 0.15) is 10.4 Å². The van der Waals surface area contributed by atoms with Crippen LogP contribution in [0.25, 0.3) is 11.1 Å². The summed E-state index contributed by atoms with van der Waals surface area (Å²) in [7, 11) is 1.53. The second-order valence-electron chi connectivity index (χ2n) is 3.69. The van der Waals surface area contributed by atoms with Gasteiger partial charge in [0.1, 0.15) is 5.56 Å². The molecule has 0 bridgehead atoms. The molecule has 0 atom stereocenters. The first-order chi connectivity index (χ1) is 8.11. The quantitative estimate of drug-likeness (QED) is 0.853. The molecule has 0 aliphatic heterocycles. The van der Waals surface area contributed by atoms with Crippen LogP contribution in [0.2, 0.25) is 0 Å². The normalized spacial score (nSPS) is 10.2. The third-order valence-corrected chi connectivity index (χ3v) is 2.57. The summed E-state index contributed by atoms with van der Waals surface area (Å²) in [5.41, 5.74) is 0.476. The molecule has 17 heavy (non-hydrogen) atoms. The van der Waals surface area contributed by atoms with E-state index in [2.05, 4.69) is 0 Å². The molecule has 4 nitrogen and oxygen atoms in total. The van der Waals surface area contributed by atoms with Crippen LogP contribution in [0.3, 0.4) is 0 Å². The van der Waals surface area contributed by atoms with Crippen LogP contribution in [0, 0.1) is 0 Å². The first kappa shape index (κ1) is 11.1. The smallest absolute Gasteiger partial charge is 0.341 e. The minimum absolute atomic E-state index is 0.193. The Bertz CT molecular complexity index is 614. The predicted molar refractivity (Wildman–Crippen MR) is 64.1 cm³/mol. The summed E-state index contributed by atoms with van der Waals surface area (Å²) in [6, 6.07) is 10.6. The van der Waals surface area contributed by atoms with Crippen molar-refractivity contribution < 1.29 is 9.90 Å². The number of hydrogen-bond donors (Lipinski definition) is 1. The van der Waals surface area contributed by atoms with E-state index in [1.807, 2.05) is 6.07 Å². The van der Waals surface area contributed by atoms with Crippen molar-refractivity contribution in [2.24, 2.45) is 7.05 Å². The van der Waals surface area contributed by atoms with Crippen molar-refractivity contribution in [2.75, 3.05) is 0 Å². The van der Waals surface area contributed by atoms with Crippen LogP contribution < -0.4 is 5.56 Å². The monoisotopic (exact) mass is 229 g/mol. The number of aromatic nitrogens is 1. The van der Waals surface area contributed by atoms with E-state index in [1.165, 1.54) is 11.6 Å². The minimum atomic E-state index is -1.20. The number of carboxylic acid groups (broad SMARTS) is 1. The Labute approximate surface area is 97.8 Å². The maximum Gasteiger partial charge on any atom is 0.341 e. The lowest BCUT2D eigenvalue weighted by Crippen LogP contribution is -2.24. The molecule has 2 rings (SSSR count). The zero-order chi connectivity index (χ0) is 12.4. The van der Waals surface area contributed by atoms with Crippen molar-refractivity contribution in [3.05, 3.63) is 58.5 Å². The molecule has 0 saturated heterocycles. The molecule has 4 heteroatoms. The number of aryl methyl sites for hydroxylation is 1. The van der Waals surface area contributed by atoms with E-state index in [9.17, 15) is 9.59 Å². The van der Waals surface area contributed by atoms with E-state index < -0.39 is 11.5 Å². The Morgan fingerprint density at radius 1 is 1.18 bits per heavy atom. The van der Waals surface area contributed by atoms with Crippen LogP contribution in [0.5, 0.6) is 0 Å². The van der Waals surface area contributed by atoms with Crippen LogP contribution in [0.4, 0.5) is 0 Å². The third kappa shape index (κ3) is 1.97. The molecule has 0 fully saturated rings. The van der Waals surface area contributed by atoms with Crippen molar-refractivity contribution in [2.45, 2.75) is 0 Å². The molecule has 0 amide bonds. The van der Waals surface area contributed by atoms with Gasteiger partial charge in [0.05, 0.1) is 0 Å². The SMILES string of the molecule is Cn1ccc(-c2ccccc2)c(C(=O)O)c1=O. The maximum atomic E-state index is 11.8. The lowest BCUT2D eigenvalue weighted by molar-refractivity contribution is 0.0695. The van der Waals surface area contributed by atoms with Crippen LogP contribution in [-0.2, 0) is 7.05 Å². The van der Waals surface area contributed by atoms with Gasteiger partial charge in [-0.15, -0.1) is 0 Å². The van der Waals surface area contributed by atoms with E-state index >= 15 is 0 Å². The lowest BCUT2D eigenvalue weighted by Gasteiger charge is -2.07. The minimum Gasteiger partial charge on any atom is -0.477 e. The van der Waals surface area contributed by atoms with E-state index in [4.69, 9.17) is 5.11 Å². The molecule has 86 valence electrons. The Balaban J connectivity index is 2.76. The average Bonchev–Trinajstić information content (AvgIpc) is 2.33. The van der Waals surface area contributed by atoms with Crippen molar-refractivity contribution in [3.63, 3.8) is 0 Å². The summed E-state index contributed by atoms with van der Waals surface area (Å²) < 4.78 is 1.26. The number of carbonyl (C=O) groups is 1. The summed E-state index contributed by atoms with van der Waals surface area (Å²) in [6.07, 6.45) is 1.57. The molecule has 0 saturated carbocycles. The van der Waals surface area contributed by atoms with Crippen molar-refractivity contribution >= 4 is 5.97 Å². The van der Waals surface area contributed by atoms with Gasteiger partial charge in [0.2, 0.25) is 0 Å². The fourth-order valence-corrected chi connectivity index (χ4v) is 1.69. The van der Waals surface area contributed by atoms with Crippen molar-refractivity contribution in [1.82, 2.24) is 4.57 Å². The highest BCUT2D eigenvalue weighted by Crippen LogP contribution is 2.20. The summed E-state index contributed by atoms with van der Waals surface area (Å²) in [6.45, 7) is 0. The zero-order valence-electron chi connectivity index (χ0n) is 9.25. The fraction of sp³-hybridized carbons (Fsp3) is 0.0769. The zero-order valence-corrected chi connectivity index (χ0v) is 9.25. The third-order valence-electron chi connectivity index (χ3n) is 2.57. The largest absolute Gasteiger partial charge is 0.477 e. The van der Waals surface area contributed by atoms with Gasteiger partial charge in [0.15, 0.2) is 0 Å². The summed E-state index contributed by atoms with van der Waals surface area (Å²) in [4.78, 5) is 22.9. The first-order valence-corrected chi connectivity index (χ1v) is 5.09. The highest BCUT2D eigenvalue weighted by Gasteiger charge is 2.16. The van der Waals surface area contributed by atoms with Crippen LogP contribution >= 0.6 is 0 Å². The number of hydrogen-bond acceptors (Lipinski definition) is 2. The lowest BCUT2D eigenvalue weighted by atomic mass is 10.0. The molecular weight excluding hydrogens is 218 g/mol. The van der Waals surface area contributed by atoms with Gasteiger partial charge in [0, 0.05) is 18.8 Å². The van der Waals surface area contributed by atoms with Crippen molar-refractivity contribution in [3.8, 4) is 11.1 Å². The fourth-order valence-electron chi connectivity index (χ4n) is 1.69. The Morgan fingerprint density at radius 3 is 2.41 bits per heavy atom. The standard InChI is InChI=1S/C13H11NO3/c1-14-8-7-10(9-5-3-2-4-6-9)11(12(14)15)13(16)17/h2-8H,1H3,(H,16,17). The summed E-state index contributed by atoms with van der Waals surface area (Å²) in [5.74, 6) is -1.20. The second-order valence-corrected chi connectivity index (χ2v) is 3.69. The summed E-state index contributed by atoms with van der Waals surface area (Å²) >= 11 is 0. The van der Waals surface area contributed by atoms with Gasteiger partial charge in [-0.05, 0) is 11.6 Å². The molecule has 2 aromatic rings. The maximum absolute atomic E-state index is 11.8. The average molecular weight is 229 g/mol. The number of rotatable bonds is 2. The topological polar surface area (TPSA) is 59.3 Å².